The topological polar surface area (TPSA) is 47.7 Å². The Kier molecular flexibility index (Phi) is 2.21. The Morgan fingerprint density at radius 1 is 1.40 bits per heavy atom. The summed E-state index contributed by atoms with van der Waals surface area (Å²) in [6.45, 7) is 6.45. The van der Waals surface area contributed by atoms with Gasteiger partial charge in [0.25, 0.3) is 0 Å². The second-order valence-electron chi connectivity index (χ2n) is 2.98. The van der Waals surface area contributed by atoms with Gasteiger partial charge in [-0.1, -0.05) is 0 Å². The van der Waals surface area contributed by atoms with E-state index in [0.29, 0.717) is 11.3 Å². The average Bonchev–Trinajstić information content (AvgIpc) is 2.52. The molecule has 5 heteroatoms. The number of nitrogens with zero attached hydrogens (tertiary/aromatic N) is 1. The molecule has 0 atom stereocenters. The Morgan fingerprint density at radius 2 is 2.20 bits per heavy atom. The van der Waals surface area contributed by atoms with Crippen LogP contribution in [0.2, 0.25) is 0 Å². The first kappa shape index (κ1) is 9.74. The van der Waals surface area contributed by atoms with Crippen molar-refractivity contribution in [2.45, 2.75) is 4.90 Å². The maximum Gasteiger partial charge on any atom is 0.357 e. The summed E-state index contributed by atoms with van der Waals surface area (Å²) in [5.41, 5.74) is 0.658. The van der Waals surface area contributed by atoms with E-state index in [4.69, 9.17) is 11.3 Å². The molecule has 0 aliphatic carbocycles. The number of fused-ring (bicyclic) bond motifs is 1. The predicted octanol–water partition coefficient (Wildman–Crippen LogP) is 1.70. The molecule has 0 saturated heterocycles. The van der Waals surface area contributed by atoms with Gasteiger partial charge < -0.3 is 4.74 Å². The first-order valence-corrected chi connectivity index (χ1v) is 5.71. The molecule has 0 radical (unpaired) electrons. The number of hydrogen-bond donors (Lipinski definition) is 0. The molecule has 4 nitrogen and oxygen atoms in total. The summed E-state index contributed by atoms with van der Waals surface area (Å²) in [5, 5.41) is 1.16. The normalized spacial score (nSPS) is 15.7. The monoisotopic (exact) mass is 221 g/mol. The van der Waals surface area contributed by atoms with Gasteiger partial charge in [0.2, 0.25) is 9.84 Å². The second kappa shape index (κ2) is 3.41. The highest BCUT2D eigenvalue weighted by Gasteiger charge is 2.21. The van der Waals surface area contributed by atoms with Crippen LogP contribution in [0.3, 0.4) is 0 Å². The average molecular weight is 221 g/mol. The van der Waals surface area contributed by atoms with E-state index in [-0.39, 0.29) is 11.6 Å². The molecule has 0 amide bonds. The molecule has 1 aromatic rings. The van der Waals surface area contributed by atoms with Crippen LogP contribution in [-0.4, -0.2) is 15.1 Å². The molecule has 0 aromatic heterocycles. The molecular weight excluding hydrogens is 214 g/mol. The van der Waals surface area contributed by atoms with Gasteiger partial charge in [0.05, 0.1) is 4.90 Å². The van der Waals surface area contributed by atoms with E-state index in [9.17, 15) is 8.42 Å². The van der Waals surface area contributed by atoms with Gasteiger partial charge in [0, 0.05) is 11.5 Å². The van der Waals surface area contributed by atoms with Crippen LogP contribution in [0.15, 0.2) is 28.5 Å². The summed E-state index contributed by atoms with van der Waals surface area (Å²) in [5.74, 6) is 0.400. The van der Waals surface area contributed by atoms with E-state index >= 15 is 0 Å². The molecule has 0 unspecified atom stereocenters. The minimum Gasteiger partial charge on any atom is -0.426 e. The van der Waals surface area contributed by atoms with Crippen molar-refractivity contribution in [3.63, 3.8) is 0 Å². The first-order chi connectivity index (χ1) is 7.13. The van der Waals surface area contributed by atoms with E-state index in [0.717, 1.165) is 5.41 Å². The van der Waals surface area contributed by atoms with Crippen LogP contribution in [0, 0.1) is 6.57 Å². The molecule has 0 fully saturated rings. The first-order valence-electron chi connectivity index (χ1n) is 4.17. The van der Waals surface area contributed by atoms with Gasteiger partial charge in [0.15, 0.2) is 0 Å². The lowest BCUT2D eigenvalue weighted by Crippen LogP contribution is -1.96. The Hall–Kier alpha value is -1.80. The molecule has 15 heavy (non-hydrogen) atoms. The zero-order chi connectivity index (χ0) is 10.9. The molecule has 1 aromatic carbocycles. The molecular formula is C10H7NO3S. The maximum absolute atomic E-state index is 11.5. The third kappa shape index (κ3) is 1.72. The van der Waals surface area contributed by atoms with Gasteiger partial charge in [0.1, 0.15) is 5.75 Å². The van der Waals surface area contributed by atoms with Crippen LogP contribution in [0.25, 0.3) is 10.9 Å². The van der Waals surface area contributed by atoms with E-state index in [1.54, 1.807) is 18.2 Å². The van der Waals surface area contributed by atoms with Crippen LogP contribution in [0.4, 0.5) is 0 Å². The fourth-order valence-electron chi connectivity index (χ4n) is 1.33. The van der Waals surface area contributed by atoms with E-state index in [1.165, 1.54) is 6.07 Å². The Balaban J connectivity index is 2.41. The van der Waals surface area contributed by atoms with E-state index in [1.807, 2.05) is 0 Å². The van der Waals surface area contributed by atoms with Crippen LogP contribution in [0.5, 0.6) is 5.75 Å². The Labute approximate surface area is 87.5 Å². The highest BCUT2D eigenvalue weighted by Crippen LogP contribution is 2.29. The molecule has 1 heterocycles. The SMILES string of the molecule is [C-]#[N+]COc1ccc2c(c1)S(=O)(=O)C=C2. The fraction of sp³-hybridized carbons (Fsp3) is 0.100. The van der Waals surface area contributed by atoms with Gasteiger partial charge in [-0.25, -0.2) is 15.0 Å². The molecule has 1 aliphatic heterocycles. The minimum atomic E-state index is -3.29. The molecule has 2 rings (SSSR count). The van der Waals surface area contributed by atoms with Crippen molar-refractivity contribution < 1.29 is 13.2 Å². The molecule has 0 saturated carbocycles. The Bertz CT molecular complexity index is 567. The molecule has 76 valence electrons. The highest BCUT2D eigenvalue weighted by molar-refractivity contribution is 7.94. The lowest BCUT2D eigenvalue weighted by atomic mass is 10.2. The van der Waals surface area contributed by atoms with Crippen molar-refractivity contribution in [1.82, 2.24) is 0 Å². The summed E-state index contributed by atoms with van der Waals surface area (Å²) in [6, 6.07) is 4.75. The Morgan fingerprint density at radius 3 is 2.93 bits per heavy atom. The predicted molar refractivity (Wildman–Crippen MR) is 54.8 cm³/mol. The van der Waals surface area contributed by atoms with Crippen LogP contribution in [-0.2, 0) is 9.84 Å². The number of hydrogen-bond acceptors (Lipinski definition) is 3. The maximum atomic E-state index is 11.5. The lowest BCUT2D eigenvalue weighted by Gasteiger charge is -2.02. The summed E-state index contributed by atoms with van der Waals surface area (Å²) in [6.07, 6.45) is 1.54. The molecule has 1 aliphatic rings. The van der Waals surface area contributed by atoms with Crippen LogP contribution in [0.1, 0.15) is 5.56 Å². The van der Waals surface area contributed by atoms with Crippen molar-refractivity contribution in [2.24, 2.45) is 0 Å². The number of sulfone groups is 1. The smallest absolute Gasteiger partial charge is 0.357 e. The van der Waals surface area contributed by atoms with E-state index in [2.05, 4.69) is 4.85 Å². The number of ether oxygens (including phenoxy) is 1. The summed E-state index contributed by atoms with van der Waals surface area (Å²) in [7, 11) is -3.29. The summed E-state index contributed by atoms with van der Waals surface area (Å²) in [4.78, 5) is 3.26. The molecule has 0 spiro atoms. The quantitative estimate of drug-likeness (QED) is 0.714. The fourth-order valence-corrected chi connectivity index (χ4v) is 2.55. The van der Waals surface area contributed by atoms with Crippen LogP contribution < -0.4 is 4.74 Å². The van der Waals surface area contributed by atoms with Gasteiger partial charge in [-0.05, 0) is 23.8 Å². The van der Waals surface area contributed by atoms with Crippen molar-refractivity contribution >= 4 is 15.9 Å². The molecule has 0 bridgehead atoms. The van der Waals surface area contributed by atoms with Gasteiger partial charge >= 0.3 is 6.73 Å². The minimum absolute atomic E-state index is 0.105. The zero-order valence-electron chi connectivity index (χ0n) is 7.67. The van der Waals surface area contributed by atoms with Gasteiger partial charge in [-0.2, -0.15) is 0 Å². The second-order valence-corrected chi connectivity index (χ2v) is 4.78. The van der Waals surface area contributed by atoms with Crippen molar-refractivity contribution in [3.8, 4) is 5.75 Å². The van der Waals surface area contributed by atoms with Crippen molar-refractivity contribution in [1.29, 1.82) is 0 Å². The van der Waals surface area contributed by atoms with Gasteiger partial charge in [-0.3, -0.25) is 4.85 Å². The van der Waals surface area contributed by atoms with Crippen molar-refractivity contribution in [3.05, 3.63) is 40.6 Å². The summed E-state index contributed by atoms with van der Waals surface area (Å²) < 4.78 is 28.0. The highest BCUT2D eigenvalue weighted by atomic mass is 32.2. The standard InChI is InChI=1S/C10H7NO3S/c1-11-7-14-9-3-2-8-4-5-15(12,13)10(8)6-9/h2-6H,7H2. The number of benzene rings is 1. The van der Waals surface area contributed by atoms with E-state index < -0.39 is 9.84 Å². The molecule has 0 N–H and O–H groups in total. The summed E-state index contributed by atoms with van der Waals surface area (Å²) >= 11 is 0. The van der Waals surface area contributed by atoms with Crippen LogP contribution >= 0.6 is 0 Å². The number of rotatable bonds is 2. The zero-order valence-corrected chi connectivity index (χ0v) is 8.49. The lowest BCUT2D eigenvalue weighted by molar-refractivity contribution is 0.360. The largest absolute Gasteiger partial charge is 0.426 e. The van der Waals surface area contributed by atoms with Crippen molar-refractivity contribution in [2.75, 3.05) is 6.73 Å². The third-order valence-corrected chi connectivity index (χ3v) is 3.48. The van der Waals surface area contributed by atoms with Gasteiger partial charge in [-0.15, -0.1) is 0 Å². The third-order valence-electron chi connectivity index (χ3n) is 2.01.